The van der Waals surface area contributed by atoms with Crippen molar-refractivity contribution in [2.75, 3.05) is 29.0 Å². The molecule has 218 valence electrons. The van der Waals surface area contributed by atoms with Crippen LogP contribution in [0.1, 0.15) is 44.3 Å². The van der Waals surface area contributed by atoms with E-state index in [1.165, 1.54) is 6.07 Å². The molecule has 0 aliphatic rings. The maximum atomic E-state index is 13.0. The highest BCUT2D eigenvalue weighted by Crippen LogP contribution is 2.20. The molecule has 3 aromatic rings. The number of aliphatic imine (C=N–C) groups is 1. The smallest absolute Gasteiger partial charge is 0.272 e. The minimum Gasteiger partial charge on any atom is -0.370 e. The number of rotatable bonds is 12. The largest absolute Gasteiger partial charge is 0.370 e. The molecular formula is C26H33BrN10O4. The Bertz CT molecular complexity index is 1510. The van der Waals surface area contributed by atoms with Crippen LogP contribution in [0.2, 0.25) is 0 Å². The third kappa shape index (κ3) is 8.60. The van der Waals surface area contributed by atoms with E-state index in [0.29, 0.717) is 52.4 Å². The van der Waals surface area contributed by atoms with Crippen molar-refractivity contribution in [3.8, 4) is 0 Å². The Morgan fingerprint density at radius 1 is 0.805 bits per heavy atom. The average Bonchev–Trinajstić information content (AvgIpc) is 3.53. The summed E-state index contributed by atoms with van der Waals surface area (Å²) in [4.78, 5) is 54.3. The average molecular weight is 630 g/mol. The monoisotopic (exact) mass is 628 g/mol. The third-order valence-corrected chi connectivity index (χ3v) is 6.06. The number of aromatic nitrogens is 3. The van der Waals surface area contributed by atoms with Gasteiger partial charge in [-0.1, -0.05) is 22.5 Å². The summed E-state index contributed by atoms with van der Waals surface area (Å²) >= 11 is 3.15. The molecule has 0 saturated carbocycles. The van der Waals surface area contributed by atoms with Gasteiger partial charge < -0.3 is 46.4 Å². The molecule has 4 amide bonds. The number of hydrogen-bond donors (Lipinski definition) is 6. The summed E-state index contributed by atoms with van der Waals surface area (Å²) in [6, 6.07) is 4.65. The van der Waals surface area contributed by atoms with Gasteiger partial charge in [0.2, 0.25) is 5.91 Å². The first-order valence-electron chi connectivity index (χ1n) is 12.4. The molecule has 14 nitrogen and oxygen atoms in total. The van der Waals surface area contributed by atoms with Crippen molar-refractivity contribution >= 4 is 62.6 Å². The van der Waals surface area contributed by atoms with E-state index >= 15 is 0 Å². The molecule has 0 saturated heterocycles. The van der Waals surface area contributed by atoms with Crippen LogP contribution in [0.25, 0.3) is 0 Å². The maximum Gasteiger partial charge on any atom is 0.272 e. The zero-order valence-corrected chi connectivity index (χ0v) is 24.5. The fourth-order valence-corrected chi connectivity index (χ4v) is 4.18. The first kappa shape index (κ1) is 30.7. The minimum absolute atomic E-state index is 0.00267. The third-order valence-electron chi connectivity index (χ3n) is 5.78. The van der Waals surface area contributed by atoms with Crippen molar-refractivity contribution in [2.24, 2.45) is 37.6 Å². The standard InChI is InChI=1S/C26H33BrN10O4/c1-15(27)8-22(38)32-16-9-20(36(3)12-16)24(40)34-18-11-21(37(4)14-18)25(41)33-17-10-19(35(2)13-17)23(39)30-6-5-7-31-26(28)29/h9-14H,1,5-8H2,2-4H3,(H,30,39)(H,32,38)(H,33,41)(H,34,40)(H4,28,29,31). The van der Waals surface area contributed by atoms with Gasteiger partial charge in [0.15, 0.2) is 5.96 Å². The zero-order chi connectivity index (χ0) is 30.3. The molecule has 3 rings (SSSR count). The van der Waals surface area contributed by atoms with E-state index in [0.717, 1.165) is 0 Å². The molecule has 8 N–H and O–H groups in total. The Balaban J connectivity index is 1.61. The summed E-state index contributed by atoms with van der Waals surface area (Å²) in [6.45, 7) is 4.42. The van der Waals surface area contributed by atoms with Gasteiger partial charge in [-0.05, 0) is 29.1 Å². The van der Waals surface area contributed by atoms with Gasteiger partial charge >= 0.3 is 0 Å². The topological polar surface area (TPSA) is 196 Å². The lowest BCUT2D eigenvalue weighted by molar-refractivity contribution is -0.115. The lowest BCUT2D eigenvalue weighted by Gasteiger charge is -2.04. The van der Waals surface area contributed by atoms with Gasteiger partial charge in [0, 0.05) is 52.8 Å². The number of nitrogens with one attached hydrogen (secondary N) is 4. The van der Waals surface area contributed by atoms with Gasteiger partial charge in [0.05, 0.1) is 23.5 Å². The maximum absolute atomic E-state index is 13.0. The van der Waals surface area contributed by atoms with Crippen LogP contribution in [-0.4, -0.2) is 56.4 Å². The number of guanidine groups is 1. The second kappa shape index (κ2) is 13.5. The molecule has 0 aromatic carbocycles. The summed E-state index contributed by atoms with van der Waals surface area (Å²) in [7, 11) is 5.04. The fraction of sp³-hybridized carbons (Fsp3) is 0.269. The lowest BCUT2D eigenvalue weighted by Crippen LogP contribution is -2.27. The van der Waals surface area contributed by atoms with Crippen molar-refractivity contribution in [1.29, 1.82) is 0 Å². The molecule has 0 radical (unpaired) electrons. The normalized spacial score (nSPS) is 10.5. The molecule has 3 aromatic heterocycles. The van der Waals surface area contributed by atoms with Crippen molar-refractivity contribution in [3.05, 3.63) is 64.9 Å². The van der Waals surface area contributed by atoms with Gasteiger partial charge in [-0.3, -0.25) is 24.2 Å². The summed E-state index contributed by atoms with van der Waals surface area (Å²) in [5, 5.41) is 11.0. The summed E-state index contributed by atoms with van der Waals surface area (Å²) in [5.41, 5.74) is 12.8. The highest BCUT2D eigenvalue weighted by molar-refractivity contribution is 9.11. The molecule has 0 aliphatic carbocycles. The molecule has 41 heavy (non-hydrogen) atoms. The second-order valence-electron chi connectivity index (χ2n) is 9.24. The number of amides is 4. The minimum atomic E-state index is -0.431. The number of nitrogens with two attached hydrogens (primary N) is 2. The first-order chi connectivity index (χ1) is 19.3. The zero-order valence-electron chi connectivity index (χ0n) is 23.0. The molecule has 0 unspecified atom stereocenters. The number of carbonyl (C=O) groups is 4. The van der Waals surface area contributed by atoms with Crippen LogP contribution in [0.5, 0.6) is 0 Å². The van der Waals surface area contributed by atoms with Gasteiger partial charge in [-0.25, -0.2) is 0 Å². The summed E-state index contributed by atoms with van der Waals surface area (Å²) in [5.74, 6) is -1.43. The second-order valence-corrected chi connectivity index (χ2v) is 10.4. The van der Waals surface area contributed by atoms with Gasteiger partial charge in [-0.2, -0.15) is 0 Å². The number of aryl methyl sites for hydroxylation is 3. The van der Waals surface area contributed by atoms with E-state index in [2.05, 4.69) is 48.8 Å². The van der Waals surface area contributed by atoms with Crippen LogP contribution in [-0.2, 0) is 25.9 Å². The van der Waals surface area contributed by atoms with Crippen LogP contribution in [0.4, 0.5) is 17.1 Å². The van der Waals surface area contributed by atoms with Crippen molar-refractivity contribution in [1.82, 2.24) is 19.0 Å². The van der Waals surface area contributed by atoms with Crippen LogP contribution in [0, 0.1) is 0 Å². The summed E-state index contributed by atoms with van der Waals surface area (Å²) < 4.78 is 5.29. The Labute approximate surface area is 245 Å². The molecule has 0 atom stereocenters. The van der Waals surface area contributed by atoms with Gasteiger partial charge in [0.25, 0.3) is 17.7 Å². The predicted molar refractivity (Wildman–Crippen MR) is 161 cm³/mol. The van der Waals surface area contributed by atoms with E-state index in [-0.39, 0.29) is 29.9 Å². The number of hydrogen-bond acceptors (Lipinski definition) is 5. The number of nitrogens with zero attached hydrogens (tertiary/aromatic N) is 4. The Hall–Kier alpha value is -4.79. The molecule has 0 spiro atoms. The Morgan fingerprint density at radius 3 is 1.68 bits per heavy atom. The quantitative estimate of drug-likeness (QED) is 0.100. The van der Waals surface area contributed by atoms with Crippen molar-refractivity contribution in [2.45, 2.75) is 12.8 Å². The molecule has 3 heterocycles. The van der Waals surface area contributed by atoms with Crippen LogP contribution in [0.3, 0.4) is 0 Å². The molecule has 15 heteroatoms. The highest BCUT2D eigenvalue weighted by atomic mass is 79.9. The van der Waals surface area contributed by atoms with E-state index < -0.39 is 11.8 Å². The highest BCUT2D eigenvalue weighted by Gasteiger charge is 2.19. The Kier molecular flexibility index (Phi) is 10.1. The molecule has 0 fully saturated rings. The first-order valence-corrected chi connectivity index (χ1v) is 13.2. The number of anilines is 3. The predicted octanol–water partition coefficient (Wildman–Crippen LogP) is 1.84. The molecule has 0 bridgehead atoms. The van der Waals surface area contributed by atoms with E-state index in [1.807, 2.05) is 0 Å². The number of halogens is 1. The summed E-state index contributed by atoms with van der Waals surface area (Å²) in [6.07, 6.45) is 5.52. The van der Waals surface area contributed by atoms with Gasteiger partial charge in [-0.15, -0.1) is 0 Å². The van der Waals surface area contributed by atoms with Gasteiger partial charge in [0.1, 0.15) is 17.1 Å². The van der Waals surface area contributed by atoms with E-state index in [9.17, 15) is 19.2 Å². The number of carbonyl (C=O) groups excluding carboxylic acids is 4. The molecular weight excluding hydrogens is 596 g/mol. The van der Waals surface area contributed by atoms with E-state index in [1.54, 1.807) is 65.6 Å². The van der Waals surface area contributed by atoms with E-state index in [4.69, 9.17) is 11.5 Å². The lowest BCUT2D eigenvalue weighted by atomic mass is 10.3. The molecule has 0 aliphatic heterocycles. The fourth-order valence-electron chi connectivity index (χ4n) is 3.93. The van der Waals surface area contributed by atoms with Crippen LogP contribution < -0.4 is 32.7 Å². The Morgan fingerprint density at radius 2 is 1.24 bits per heavy atom. The SMILES string of the molecule is C=C(Br)CC(=O)Nc1cc(C(=O)Nc2cc(C(=O)Nc3cc(C(=O)NCCCN=C(N)N)n(C)c3)n(C)c2)n(C)c1. The van der Waals surface area contributed by atoms with Crippen molar-refractivity contribution in [3.63, 3.8) is 0 Å². The van der Waals surface area contributed by atoms with Crippen LogP contribution >= 0.6 is 15.9 Å². The van der Waals surface area contributed by atoms with Crippen LogP contribution in [0.15, 0.2) is 52.8 Å². The van der Waals surface area contributed by atoms with Crippen molar-refractivity contribution < 1.29 is 19.2 Å².